The van der Waals surface area contributed by atoms with Crippen LogP contribution in [0.5, 0.6) is 57.5 Å². The monoisotopic (exact) mass is 975 g/mol. The van der Waals surface area contributed by atoms with Crippen molar-refractivity contribution in [2.75, 3.05) is 125 Å². The number of carbonyl (C=O) groups is 2. The van der Waals surface area contributed by atoms with Gasteiger partial charge in [-0.1, -0.05) is 0 Å². The number of hydrogen-bond donors (Lipinski definition) is 0. The van der Waals surface area contributed by atoms with Gasteiger partial charge in [-0.05, 0) is 70.8 Å². The Morgan fingerprint density at radius 1 is 0.443 bits per heavy atom. The fraction of sp³-hybridized carbons (Fsp3) is 0.519. The highest BCUT2D eigenvalue weighted by Crippen LogP contribution is 2.47. The average Bonchev–Trinajstić information content (AvgIpc) is 3.38. The molecule has 2 heterocycles. The molecule has 16 heteroatoms. The second-order valence-electron chi connectivity index (χ2n) is 18.3. The van der Waals surface area contributed by atoms with Crippen molar-refractivity contribution in [3.63, 3.8) is 0 Å². The van der Waals surface area contributed by atoms with Crippen LogP contribution in [0.2, 0.25) is 0 Å². The van der Waals surface area contributed by atoms with Crippen molar-refractivity contribution in [3.05, 3.63) is 81.9 Å². The first-order valence-electron chi connectivity index (χ1n) is 23.8. The Balaban J connectivity index is 1.04. The number of esters is 2. The minimum atomic E-state index is -0.430. The number of likely N-dealkylation sites (N-methyl/N-ethyl adjacent to an activating group) is 2. The van der Waals surface area contributed by atoms with Gasteiger partial charge in [0, 0.05) is 49.7 Å². The minimum absolute atomic E-state index is 0.0207. The highest BCUT2D eigenvalue weighted by molar-refractivity contribution is 5.77. The maximum Gasteiger partial charge on any atom is 0.306 e. The number of carbonyl (C=O) groups excluding carboxylic acids is 2. The molecule has 0 aromatic heterocycles. The van der Waals surface area contributed by atoms with Crippen LogP contribution in [0.1, 0.15) is 71.1 Å². The van der Waals surface area contributed by atoms with Crippen LogP contribution >= 0.6 is 0 Å². The predicted octanol–water partition coefficient (Wildman–Crippen LogP) is 7.69. The van der Waals surface area contributed by atoms with E-state index in [0.717, 1.165) is 50.1 Å². The third-order valence-corrected chi connectivity index (χ3v) is 14.3. The number of quaternary nitrogens is 2. The van der Waals surface area contributed by atoms with E-state index in [-0.39, 0.29) is 38.1 Å². The van der Waals surface area contributed by atoms with Crippen LogP contribution < -0.4 is 47.4 Å². The van der Waals surface area contributed by atoms with Crippen molar-refractivity contribution in [1.29, 1.82) is 0 Å². The van der Waals surface area contributed by atoms with Gasteiger partial charge in [0.1, 0.15) is 12.1 Å². The lowest BCUT2D eigenvalue weighted by molar-refractivity contribution is -0.941. The summed E-state index contributed by atoms with van der Waals surface area (Å²) >= 11 is 0. The molecule has 0 fully saturated rings. The SMILES string of the molecule is COc1cc2c(cc1OC)[C@@H](Cc1cc(OC)c(OC)c(OC)c1)[N@+](C)(CCCOC(=O)CCC(=O)OCCC[N@@+]1(C)CCc3cc(OC)c(OC)cc3[C@@H]1Cc1cc(OC)c(OC)c(OC)c1)CC2. The number of rotatable bonds is 25. The molecule has 0 unspecified atom stereocenters. The second kappa shape index (κ2) is 24.0. The highest BCUT2D eigenvalue weighted by Gasteiger charge is 2.42. The molecule has 0 saturated heterocycles. The van der Waals surface area contributed by atoms with E-state index >= 15 is 0 Å². The molecule has 0 aliphatic carbocycles. The Labute approximate surface area is 413 Å². The van der Waals surface area contributed by atoms with Crippen LogP contribution in [-0.4, -0.2) is 145 Å². The zero-order chi connectivity index (χ0) is 50.6. The molecule has 16 nitrogen and oxygen atoms in total. The molecule has 0 saturated carbocycles. The van der Waals surface area contributed by atoms with Gasteiger partial charge in [-0.15, -0.1) is 0 Å². The summed E-state index contributed by atoms with van der Waals surface area (Å²) in [6.07, 6.45) is 4.16. The van der Waals surface area contributed by atoms with Gasteiger partial charge in [-0.3, -0.25) is 9.59 Å². The Kier molecular flexibility index (Phi) is 18.2. The molecular formula is C54H74N2O14+2. The number of nitrogens with zero attached hydrogens (tertiary/aromatic N) is 2. The number of fused-ring (bicyclic) bond motifs is 2. The van der Waals surface area contributed by atoms with Crippen molar-refractivity contribution in [3.8, 4) is 57.5 Å². The quantitative estimate of drug-likeness (QED) is 0.0364. The number of hydrogen-bond acceptors (Lipinski definition) is 14. The van der Waals surface area contributed by atoms with Gasteiger partial charge in [0.2, 0.25) is 11.5 Å². The van der Waals surface area contributed by atoms with Gasteiger partial charge in [0.15, 0.2) is 46.0 Å². The molecule has 0 amide bonds. The van der Waals surface area contributed by atoms with Gasteiger partial charge in [-0.2, -0.15) is 0 Å². The van der Waals surface area contributed by atoms with Gasteiger partial charge < -0.3 is 65.8 Å². The molecule has 4 aromatic rings. The van der Waals surface area contributed by atoms with E-state index < -0.39 is 11.9 Å². The normalized spacial score (nSPS) is 19.1. The average molecular weight is 975 g/mol. The van der Waals surface area contributed by atoms with Gasteiger partial charge in [-0.25, -0.2) is 0 Å². The predicted molar refractivity (Wildman–Crippen MR) is 264 cm³/mol. The molecule has 6 rings (SSSR count). The highest BCUT2D eigenvalue weighted by atomic mass is 16.6. The lowest BCUT2D eigenvalue weighted by Crippen LogP contribution is -2.52. The summed E-state index contributed by atoms with van der Waals surface area (Å²) in [5.74, 6) is 5.30. The van der Waals surface area contributed by atoms with E-state index in [9.17, 15) is 9.59 Å². The lowest BCUT2D eigenvalue weighted by Gasteiger charge is -2.46. The molecule has 4 aromatic carbocycles. The minimum Gasteiger partial charge on any atom is -0.493 e. The molecule has 0 radical (unpaired) electrons. The molecule has 2 aliphatic heterocycles. The largest absolute Gasteiger partial charge is 0.493 e. The summed E-state index contributed by atoms with van der Waals surface area (Å²) in [5.41, 5.74) is 6.80. The summed E-state index contributed by atoms with van der Waals surface area (Å²) in [5, 5.41) is 0. The number of ether oxygens (including phenoxy) is 12. The standard InChI is InChI=1S/C54H74N2O14/c1-55(21-17-37-31-43(59-3)45(61-5)33-39(37)41(55)25-35-27-47(63-7)53(67-11)48(28-35)64-8)19-13-23-69-51(57)15-16-52(58)70-24-14-20-56(2)22-18-38-32-44(60-4)46(62-6)34-40(38)42(56)26-36-29-49(65-9)54(68-12)50(30-36)66-10/h27-34,41-42H,13-26H2,1-12H3/q+2/t41-,42+,55-,56+. The van der Waals surface area contributed by atoms with Crippen molar-refractivity contribution < 1.29 is 75.4 Å². The Hall–Kier alpha value is -6.26. The summed E-state index contributed by atoms with van der Waals surface area (Å²) in [6, 6.07) is 16.4. The zero-order valence-electron chi connectivity index (χ0n) is 43.3. The van der Waals surface area contributed by atoms with Crippen LogP contribution in [0.4, 0.5) is 0 Å². The summed E-state index contributed by atoms with van der Waals surface area (Å²) in [4.78, 5) is 26.0. The molecular weight excluding hydrogens is 901 g/mol. The summed E-state index contributed by atoms with van der Waals surface area (Å²) in [6.45, 7) is 3.67. The smallest absolute Gasteiger partial charge is 0.306 e. The maximum absolute atomic E-state index is 13.0. The van der Waals surface area contributed by atoms with Gasteiger partial charge in [0.25, 0.3) is 0 Å². The van der Waals surface area contributed by atoms with E-state index in [2.05, 4.69) is 38.4 Å². The maximum atomic E-state index is 13.0. The third kappa shape index (κ3) is 11.8. The van der Waals surface area contributed by atoms with E-state index in [1.807, 2.05) is 24.3 Å². The van der Waals surface area contributed by atoms with Crippen molar-refractivity contribution >= 4 is 11.9 Å². The van der Waals surface area contributed by atoms with Crippen molar-refractivity contribution in [1.82, 2.24) is 0 Å². The van der Waals surface area contributed by atoms with Crippen LogP contribution in [0.25, 0.3) is 0 Å². The molecule has 382 valence electrons. The first-order chi connectivity index (χ1) is 33.7. The molecule has 2 aliphatic rings. The topological polar surface area (TPSA) is 145 Å². The Morgan fingerprint density at radius 2 is 0.757 bits per heavy atom. The van der Waals surface area contributed by atoms with E-state index in [1.165, 1.54) is 22.3 Å². The van der Waals surface area contributed by atoms with E-state index in [0.29, 0.717) is 92.1 Å². The van der Waals surface area contributed by atoms with Gasteiger partial charge >= 0.3 is 11.9 Å². The molecule has 70 heavy (non-hydrogen) atoms. The molecule has 0 bridgehead atoms. The lowest BCUT2D eigenvalue weighted by atomic mass is 9.86. The van der Waals surface area contributed by atoms with Crippen LogP contribution in [0.3, 0.4) is 0 Å². The van der Waals surface area contributed by atoms with Crippen molar-refractivity contribution in [2.24, 2.45) is 0 Å². The van der Waals surface area contributed by atoms with E-state index in [4.69, 9.17) is 56.8 Å². The van der Waals surface area contributed by atoms with Crippen LogP contribution in [-0.2, 0) is 44.7 Å². The summed E-state index contributed by atoms with van der Waals surface area (Å²) in [7, 11) is 20.7. The van der Waals surface area contributed by atoms with Crippen LogP contribution in [0, 0.1) is 0 Å². The van der Waals surface area contributed by atoms with E-state index in [1.54, 1.807) is 71.1 Å². The molecule has 0 spiro atoms. The van der Waals surface area contributed by atoms with Crippen molar-refractivity contribution in [2.45, 2.75) is 63.5 Å². The number of methoxy groups -OCH3 is 10. The fourth-order valence-electron chi connectivity index (χ4n) is 10.4. The second-order valence-corrected chi connectivity index (χ2v) is 18.3. The first-order valence-corrected chi connectivity index (χ1v) is 23.8. The number of benzene rings is 4. The first kappa shape index (κ1) is 53.1. The molecule has 0 N–H and O–H groups in total. The van der Waals surface area contributed by atoms with Crippen LogP contribution in [0.15, 0.2) is 48.5 Å². The molecule has 4 atom stereocenters. The Bertz CT molecular complexity index is 2230. The van der Waals surface area contributed by atoms with Gasteiger partial charge in [0.05, 0.1) is 137 Å². The fourth-order valence-corrected chi connectivity index (χ4v) is 10.4. The zero-order valence-corrected chi connectivity index (χ0v) is 43.3. The third-order valence-electron chi connectivity index (χ3n) is 14.3. The summed E-state index contributed by atoms with van der Waals surface area (Å²) < 4.78 is 69.7. The Morgan fingerprint density at radius 3 is 1.06 bits per heavy atom.